The molecule has 0 aliphatic heterocycles. The highest BCUT2D eigenvalue weighted by molar-refractivity contribution is 6.31. The molecule has 0 amide bonds. The second kappa shape index (κ2) is 9.60. The van der Waals surface area contributed by atoms with Gasteiger partial charge in [0.1, 0.15) is 0 Å². The Morgan fingerprint density at radius 2 is 1.38 bits per heavy atom. The van der Waals surface area contributed by atoms with Gasteiger partial charge in [-0.2, -0.15) is 0 Å². The largest absolute Gasteiger partial charge is 0.398 e. The molecule has 4 rings (SSSR count). The zero-order valence-electron chi connectivity index (χ0n) is 18.8. The summed E-state index contributed by atoms with van der Waals surface area (Å²) in [6.07, 6.45) is 0.737. The molecule has 2 N–H and O–H groups in total. The molecule has 0 saturated heterocycles. The molecule has 0 unspecified atom stereocenters. The first-order chi connectivity index (χ1) is 15.4. The molecule has 32 heavy (non-hydrogen) atoms. The van der Waals surface area contributed by atoms with Crippen molar-refractivity contribution in [2.75, 3.05) is 31.8 Å². The third kappa shape index (κ3) is 5.39. The van der Waals surface area contributed by atoms with Gasteiger partial charge in [0.05, 0.1) is 5.52 Å². The SMILES string of the molecule is CN(Cc1ccc(Cc2cc(N)c3ccc(Cl)cc3n2)cc1)Cc1ccc(N(C)C)cc1. The van der Waals surface area contributed by atoms with E-state index in [0.717, 1.165) is 41.8 Å². The van der Waals surface area contributed by atoms with Gasteiger partial charge < -0.3 is 10.6 Å². The normalized spacial score (nSPS) is 11.3. The van der Waals surface area contributed by atoms with Crippen LogP contribution in [0.2, 0.25) is 5.02 Å². The van der Waals surface area contributed by atoms with Crippen LogP contribution < -0.4 is 10.6 Å². The minimum absolute atomic E-state index is 0.670. The molecular formula is C27H29ClN4. The van der Waals surface area contributed by atoms with Crippen LogP contribution in [0.15, 0.2) is 72.8 Å². The summed E-state index contributed by atoms with van der Waals surface area (Å²) >= 11 is 6.13. The number of fused-ring (bicyclic) bond motifs is 1. The number of nitrogens with two attached hydrogens (primary N) is 1. The minimum atomic E-state index is 0.670. The molecule has 0 bridgehead atoms. The fraction of sp³-hybridized carbons (Fsp3) is 0.222. The summed E-state index contributed by atoms with van der Waals surface area (Å²) in [4.78, 5) is 9.20. The zero-order valence-corrected chi connectivity index (χ0v) is 19.6. The highest BCUT2D eigenvalue weighted by Gasteiger charge is 2.07. The molecule has 0 radical (unpaired) electrons. The van der Waals surface area contributed by atoms with Crippen LogP contribution in [0, 0.1) is 0 Å². The van der Waals surface area contributed by atoms with Crippen molar-refractivity contribution in [1.82, 2.24) is 9.88 Å². The number of nitrogen functional groups attached to an aromatic ring is 1. The Bertz CT molecular complexity index is 1200. The van der Waals surface area contributed by atoms with Gasteiger partial charge in [0.15, 0.2) is 0 Å². The van der Waals surface area contributed by atoms with E-state index in [1.54, 1.807) is 0 Å². The van der Waals surface area contributed by atoms with Gasteiger partial charge in [-0.25, -0.2) is 0 Å². The monoisotopic (exact) mass is 444 g/mol. The second-order valence-electron chi connectivity index (χ2n) is 8.59. The zero-order chi connectivity index (χ0) is 22.7. The summed E-state index contributed by atoms with van der Waals surface area (Å²) in [5, 5.41) is 1.61. The topological polar surface area (TPSA) is 45.4 Å². The standard InChI is InChI=1S/C27H29ClN4/c1-31(2)24-11-8-21(9-12-24)18-32(3)17-20-6-4-19(5-7-20)14-23-16-26(29)25-13-10-22(28)15-27(25)30-23/h4-13,15-16H,14,17-18H2,1-3H3,(H2,29,30). The Kier molecular flexibility index (Phi) is 6.63. The molecule has 0 spiro atoms. The first-order valence-electron chi connectivity index (χ1n) is 10.7. The third-order valence-electron chi connectivity index (χ3n) is 5.62. The Morgan fingerprint density at radius 1 is 0.781 bits per heavy atom. The molecule has 3 aromatic carbocycles. The Balaban J connectivity index is 1.39. The molecular weight excluding hydrogens is 416 g/mol. The lowest BCUT2D eigenvalue weighted by molar-refractivity contribution is 0.319. The van der Waals surface area contributed by atoms with Crippen molar-refractivity contribution in [2.45, 2.75) is 19.5 Å². The number of benzene rings is 3. The Hall–Kier alpha value is -3.08. The fourth-order valence-corrected chi connectivity index (χ4v) is 4.09. The van der Waals surface area contributed by atoms with Gasteiger partial charge in [-0.05, 0) is 60.1 Å². The third-order valence-corrected chi connectivity index (χ3v) is 5.86. The first kappa shape index (κ1) is 22.1. The average molecular weight is 445 g/mol. The lowest BCUT2D eigenvalue weighted by Gasteiger charge is -2.18. The van der Waals surface area contributed by atoms with Crippen LogP contribution in [0.4, 0.5) is 11.4 Å². The van der Waals surface area contributed by atoms with E-state index in [9.17, 15) is 0 Å². The van der Waals surface area contributed by atoms with Gasteiger partial charge in [0.25, 0.3) is 0 Å². The number of aromatic nitrogens is 1. The van der Waals surface area contributed by atoms with Crippen molar-refractivity contribution in [3.63, 3.8) is 0 Å². The average Bonchev–Trinajstić information content (AvgIpc) is 2.75. The summed E-state index contributed by atoms with van der Waals surface area (Å²) in [6, 6.07) is 25.1. The molecule has 5 heteroatoms. The van der Waals surface area contributed by atoms with Gasteiger partial charge >= 0.3 is 0 Å². The van der Waals surface area contributed by atoms with Crippen LogP contribution >= 0.6 is 11.6 Å². The van der Waals surface area contributed by atoms with Gasteiger partial charge in [-0.15, -0.1) is 0 Å². The summed E-state index contributed by atoms with van der Waals surface area (Å²) in [5.74, 6) is 0. The molecule has 1 aromatic heterocycles. The molecule has 0 fully saturated rings. The van der Waals surface area contributed by atoms with E-state index in [1.165, 1.54) is 22.4 Å². The Labute approximate surface area is 195 Å². The van der Waals surface area contributed by atoms with Crippen LogP contribution in [0.5, 0.6) is 0 Å². The molecule has 4 aromatic rings. The van der Waals surface area contributed by atoms with Crippen LogP contribution in [-0.4, -0.2) is 31.0 Å². The maximum absolute atomic E-state index is 6.23. The van der Waals surface area contributed by atoms with E-state index >= 15 is 0 Å². The summed E-state index contributed by atoms with van der Waals surface area (Å²) in [7, 11) is 6.28. The minimum Gasteiger partial charge on any atom is -0.398 e. The van der Waals surface area contributed by atoms with Crippen LogP contribution in [0.25, 0.3) is 10.9 Å². The number of anilines is 2. The van der Waals surface area contributed by atoms with Crippen LogP contribution in [0.1, 0.15) is 22.4 Å². The number of hydrogen-bond donors (Lipinski definition) is 1. The molecule has 0 aliphatic carbocycles. The van der Waals surface area contributed by atoms with Crippen molar-refractivity contribution in [2.24, 2.45) is 0 Å². The van der Waals surface area contributed by atoms with Gasteiger partial charge in [0.2, 0.25) is 0 Å². The smallest absolute Gasteiger partial charge is 0.0740 e. The molecule has 4 nitrogen and oxygen atoms in total. The van der Waals surface area contributed by atoms with E-state index in [2.05, 4.69) is 79.5 Å². The van der Waals surface area contributed by atoms with E-state index in [0.29, 0.717) is 5.02 Å². The number of hydrogen-bond acceptors (Lipinski definition) is 4. The van der Waals surface area contributed by atoms with Gasteiger partial charge in [-0.1, -0.05) is 48.0 Å². The number of rotatable bonds is 7. The highest BCUT2D eigenvalue weighted by Crippen LogP contribution is 2.25. The predicted molar refractivity (Wildman–Crippen MR) is 136 cm³/mol. The van der Waals surface area contributed by atoms with E-state index in [-0.39, 0.29) is 0 Å². The first-order valence-corrected chi connectivity index (χ1v) is 11.1. The number of pyridine rings is 1. The lowest BCUT2D eigenvalue weighted by atomic mass is 10.0. The quantitative estimate of drug-likeness (QED) is 0.393. The molecule has 1 heterocycles. The summed E-state index contributed by atoms with van der Waals surface area (Å²) < 4.78 is 0. The van der Waals surface area contributed by atoms with Crippen molar-refractivity contribution in [3.8, 4) is 0 Å². The number of nitrogens with zero attached hydrogens (tertiary/aromatic N) is 3. The van der Waals surface area contributed by atoms with Gasteiger partial charge in [0, 0.05) is 61.1 Å². The molecule has 0 aliphatic rings. The highest BCUT2D eigenvalue weighted by atomic mass is 35.5. The van der Waals surface area contributed by atoms with E-state index in [1.807, 2.05) is 24.3 Å². The van der Waals surface area contributed by atoms with E-state index < -0.39 is 0 Å². The van der Waals surface area contributed by atoms with Crippen LogP contribution in [0.3, 0.4) is 0 Å². The summed E-state index contributed by atoms with van der Waals surface area (Å²) in [5.41, 5.74) is 13.8. The number of halogens is 1. The fourth-order valence-electron chi connectivity index (χ4n) is 3.93. The molecule has 0 saturated carbocycles. The Morgan fingerprint density at radius 3 is 2.00 bits per heavy atom. The van der Waals surface area contributed by atoms with Gasteiger partial charge in [-0.3, -0.25) is 9.88 Å². The maximum atomic E-state index is 6.23. The van der Waals surface area contributed by atoms with Crippen molar-refractivity contribution in [1.29, 1.82) is 0 Å². The summed E-state index contributed by atoms with van der Waals surface area (Å²) in [6.45, 7) is 1.81. The molecule has 164 valence electrons. The van der Waals surface area contributed by atoms with E-state index in [4.69, 9.17) is 22.3 Å². The second-order valence-corrected chi connectivity index (χ2v) is 9.03. The molecule has 0 atom stereocenters. The van der Waals surface area contributed by atoms with Crippen molar-refractivity contribution in [3.05, 3.63) is 100 Å². The van der Waals surface area contributed by atoms with Crippen molar-refractivity contribution >= 4 is 33.9 Å². The maximum Gasteiger partial charge on any atom is 0.0740 e. The van der Waals surface area contributed by atoms with Crippen LogP contribution in [-0.2, 0) is 19.5 Å². The predicted octanol–water partition coefficient (Wildman–Crippen LogP) is 5.76. The van der Waals surface area contributed by atoms with Crippen molar-refractivity contribution < 1.29 is 0 Å². The lowest BCUT2D eigenvalue weighted by Crippen LogP contribution is -2.17.